The van der Waals surface area contributed by atoms with Crippen LogP contribution in [0, 0.1) is 11.8 Å². The summed E-state index contributed by atoms with van der Waals surface area (Å²) in [5.74, 6) is 1.24. The smallest absolute Gasteiger partial charge is 0.334 e. The third-order valence-electron chi connectivity index (χ3n) is 4.63. The van der Waals surface area contributed by atoms with Gasteiger partial charge in [0.15, 0.2) is 0 Å². The van der Waals surface area contributed by atoms with E-state index >= 15 is 0 Å². The molecule has 0 unspecified atom stereocenters. The van der Waals surface area contributed by atoms with Gasteiger partial charge in [-0.3, -0.25) is 0 Å². The number of rotatable bonds is 8. The molecule has 1 aromatic rings. The molecule has 2 nitrogen and oxygen atoms in total. The van der Waals surface area contributed by atoms with E-state index in [0.717, 1.165) is 11.5 Å². The molecule has 0 spiro atoms. The van der Waals surface area contributed by atoms with Crippen molar-refractivity contribution in [1.29, 1.82) is 0 Å². The van der Waals surface area contributed by atoms with E-state index in [2.05, 4.69) is 26.0 Å². The molecule has 0 aromatic heterocycles. The first kappa shape index (κ1) is 16.8. The predicted octanol–water partition coefficient (Wildman–Crippen LogP) is 4.94. The molecule has 2 atom stereocenters. The number of carbonyl (C=O) groups is 1. The van der Waals surface area contributed by atoms with E-state index in [1.165, 1.54) is 36.8 Å². The van der Waals surface area contributed by atoms with E-state index in [-0.39, 0.29) is 5.97 Å². The molecule has 2 rings (SSSR count). The Labute approximate surface area is 134 Å². The van der Waals surface area contributed by atoms with Crippen molar-refractivity contribution < 1.29 is 9.53 Å². The van der Waals surface area contributed by atoms with Crippen molar-refractivity contribution in [3.63, 3.8) is 0 Å². The molecule has 120 valence electrons. The third-order valence-corrected chi connectivity index (χ3v) is 4.63. The summed E-state index contributed by atoms with van der Waals surface area (Å²) in [6.07, 6.45) is 5.76. The highest BCUT2D eigenvalue weighted by atomic mass is 16.5. The lowest BCUT2D eigenvalue weighted by molar-refractivity contribution is -0.138. The van der Waals surface area contributed by atoms with E-state index < -0.39 is 0 Å². The zero-order chi connectivity index (χ0) is 15.9. The van der Waals surface area contributed by atoms with Gasteiger partial charge in [-0.15, -0.1) is 0 Å². The molecular weight excluding hydrogens is 272 g/mol. The molecule has 0 saturated heterocycles. The fourth-order valence-electron chi connectivity index (χ4n) is 3.18. The minimum absolute atomic E-state index is 0.134. The third kappa shape index (κ3) is 4.46. The largest absolute Gasteiger partial charge is 0.463 e. The number of unbranched alkanes of at least 4 members (excludes halogenated alkanes) is 1. The summed E-state index contributed by atoms with van der Waals surface area (Å²) >= 11 is 0. The van der Waals surface area contributed by atoms with Crippen LogP contribution in [0.4, 0.5) is 0 Å². The summed E-state index contributed by atoms with van der Waals surface area (Å²) in [4.78, 5) is 12.4. The summed E-state index contributed by atoms with van der Waals surface area (Å²) in [6.45, 7) is 6.67. The van der Waals surface area contributed by atoms with Crippen LogP contribution in [-0.2, 0) is 16.0 Å². The van der Waals surface area contributed by atoms with Crippen LogP contribution in [0.2, 0.25) is 0 Å². The monoisotopic (exact) mass is 300 g/mol. The molecule has 1 saturated carbocycles. The summed E-state index contributed by atoms with van der Waals surface area (Å²) in [7, 11) is 0. The van der Waals surface area contributed by atoms with E-state index in [4.69, 9.17) is 4.74 Å². The molecule has 0 N–H and O–H groups in total. The van der Waals surface area contributed by atoms with Gasteiger partial charge in [-0.25, -0.2) is 4.79 Å². The summed E-state index contributed by atoms with van der Waals surface area (Å²) in [5.41, 5.74) is 3.30. The molecule has 0 heterocycles. The lowest BCUT2D eigenvalue weighted by atomic mass is 9.96. The SMILES string of the molecule is CCCC[C@H]1C[C@@H]1/C(C)=C(\Cc1ccccc1)C(=O)OCC. The van der Waals surface area contributed by atoms with Crippen molar-refractivity contribution in [1.82, 2.24) is 0 Å². The molecule has 1 aliphatic carbocycles. The van der Waals surface area contributed by atoms with Gasteiger partial charge in [0.2, 0.25) is 0 Å². The fraction of sp³-hybridized carbons (Fsp3) is 0.550. The van der Waals surface area contributed by atoms with Gasteiger partial charge in [-0.2, -0.15) is 0 Å². The molecule has 0 aliphatic heterocycles. The number of ether oxygens (including phenoxy) is 1. The van der Waals surface area contributed by atoms with E-state index in [0.29, 0.717) is 18.9 Å². The number of hydrogen-bond acceptors (Lipinski definition) is 2. The Kier molecular flexibility index (Phi) is 6.23. The highest BCUT2D eigenvalue weighted by Crippen LogP contribution is 2.48. The predicted molar refractivity (Wildman–Crippen MR) is 90.6 cm³/mol. The second-order valence-electron chi connectivity index (χ2n) is 6.29. The average molecular weight is 300 g/mol. The summed E-state index contributed by atoms with van der Waals surface area (Å²) in [5, 5.41) is 0. The molecular formula is C20H28O2. The van der Waals surface area contributed by atoms with Gasteiger partial charge < -0.3 is 4.74 Å². The van der Waals surface area contributed by atoms with Gasteiger partial charge in [0.05, 0.1) is 6.61 Å². The van der Waals surface area contributed by atoms with Crippen molar-refractivity contribution in [2.45, 2.75) is 52.9 Å². The Balaban J connectivity index is 2.13. The van der Waals surface area contributed by atoms with Crippen LogP contribution in [0.3, 0.4) is 0 Å². The maximum atomic E-state index is 12.4. The summed E-state index contributed by atoms with van der Waals surface area (Å²) < 4.78 is 5.29. The number of hydrogen-bond donors (Lipinski definition) is 0. The Morgan fingerprint density at radius 2 is 1.95 bits per heavy atom. The van der Waals surface area contributed by atoms with Crippen molar-refractivity contribution >= 4 is 5.97 Å². The standard InChI is InChI=1S/C20H28O2/c1-4-6-12-17-14-18(17)15(3)19(20(21)22-5-2)13-16-10-8-7-9-11-16/h7-11,17-18H,4-6,12-14H2,1-3H3/b19-15+/t17-,18+/m0/s1. The number of carbonyl (C=O) groups excluding carboxylic acids is 1. The Bertz CT molecular complexity index is 516. The quantitative estimate of drug-likeness (QED) is 0.502. The van der Waals surface area contributed by atoms with Gasteiger partial charge in [0.1, 0.15) is 0 Å². The maximum absolute atomic E-state index is 12.4. The number of esters is 1. The minimum atomic E-state index is -0.134. The zero-order valence-corrected chi connectivity index (χ0v) is 14.1. The zero-order valence-electron chi connectivity index (χ0n) is 14.1. The lowest BCUT2D eigenvalue weighted by Crippen LogP contribution is -2.13. The lowest BCUT2D eigenvalue weighted by Gasteiger charge is -2.12. The Morgan fingerprint density at radius 1 is 1.23 bits per heavy atom. The van der Waals surface area contributed by atoms with Gasteiger partial charge in [0, 0.05) is 12.0 Å². The van der Waals surface area contributed by atoms with Gasteiger partial charge in [-0.05, 0) is 44.1 Å². The van der Waals surface area contributed by atoms with Crippen LogP contribution in [0.1, 0.15) is 52.0 Å². The van der Waals surface area contributed by atoms with E-state index in [1.54, 1.807) is 0 Å². The van der Waals surface area contributed by atoms with Crippen LogP contribution in [0.15, 0.2) is 41.5 Å². The van der Waals surface area contributed by atoms with Crippen molar-refractivity contribution in [3.8, 4) is 0 Å². The fourth-order valence-corrected chi connectivity index (χ4v) is 3.18. The molecule has 1 aliphatic rings. The Morgan fingerprint density at radius 3 is 2.59 bits per heavy atom. The van der Waals surface area contributed by atoms with Crippen LogP contribution in [0.25, 0.3) is 0 Å². The first-order valence-electron chi connectivity index (χ1n) is 8.58. The highest BCUT2D eigenvalue weighted by molar-refractivity contribution is 5.90. The van der Waals surface area contributed by atoms with Crippen LogP contribution >= 0.6 is 0 Å². The molecule has 1 aromatic carbocycles. The average Bonchev–Trinajstić information content (AvgIpc) is 3.31. The first-order chi connectivity index (χ1) is 10.7. The molecule has 2 heteroatoms. The molecule has 1 fully saturated rings. The molecule has 0 bridgehead atoms. The number of allylic oxidation sites excluding steroid dienone is 1. The van der Waals surface area contributed by atoms with Crippen molar-refractivity contribution in [2.75, 3.05) is 6.61 Å². The topological polar surface area (TPSA) is 26.3 Å². The normalized spacial score (nSPS) is 21.2. The molecule has 0 amide bonds. The number of benzene rings is 1. The van der Waals surface area contributed by atoms with Crippen LogP contribution in [-0.4, -0.2) is 12.6 Å². The summed E-state index contributed by atoms with van der Waals surface area (Å²) in [6, 6.07) is 10.2. The second kappa shape index (κ2) is 8.17. The van der Waals surface area contributed by atoms with Crippen molar-refractivity contribution in [3.05, 3.63) is 47.0 Å². The van der Waals surface area contributed by atoms with E-state index in [9.17, 15) is 4.79 Å². The minimum Gasteiger partial charge on any atom is -0.463 e. The van der Waals surface area contributed by atoms with Gasteiger partial charge in [0.25, 0.3) is 0 Å². The maximum Gasteiger partial charge on any atom is 0.334 e. The van der Waals surface area contributed by atoms with Gasteiger partial charge >= 0.3 is 5.97 Å². The van der Waals surface area contributed by atoms with Gasteiger partial charge in [-0.1, -0.05) is 55.7 Å². The highest BCUT2D eigenvalue weighted by Gasteiger charge is 2.39. The second-order valence-corrected chi connectivity index (χ2v) is 6.29. The molecule has 0 radical (unpaired) electrons. The first-order valence-corrected chi connectivity index (χ1v) is 8.58. The molecule has 22 heavy (non-hydrogen) atoms. The van der Waals surface area contributed by atoms with E-state index in [1.807, 2.05) is 25.1 Å². The Hall–Kier alpha value is -1.57. The van der Waals surface area contributed by atoms with Crippen LogP contribution < -0.4 is 0 Å². The van der Waals surface area contributed by atoms with Crippen LogP contribution in [0.5, 0.6) is 0 Å². The van der Waals surface area contributed by atoms with Crippen molar-refractivity contribution in [2.24, 2.45) is 11.8 Å².